The van der Waals surface area contributed by atoms with Gasteiger partial charge in [0.15, 0.2) is 5.75 Å². The second-order valence-corrected chi connectivity index (χ2v) is 9.04. The molecule has 1 N–H and O–H groups in total. The zero-order valence-electron chi connectivity index (χ0n) is 20.4. The predicted molar refractivity (Wildman–Crippen MR) is 133 cm³/mol. The van der Waals surface area contributed by atoms with Crippen molar-refractivity contribution in [3.8, 4) is 5.75 Å². The Kier molecular flexibility index (Phi) is 7.90. The van der Waals surface area contributed by atoms with Crippen LogP contribution in [0.25, 0.3) is 0 Å². The number of hydrogen-bond acceptors (Lipinski definition) is 7. The van der Waals surface area contributed by atoms with Crippen LogP contribution in [0, 0.1) is 5.92 Å². The number of para-hydroxylation sites is 1. The second-order valence-electron chi connectivity index (χ2n) is 9.04. The molecule has 0 radical (unpaired) electrons. The summed E-state index contributed by atoms with van der Waals surface area (Å²) in [4.78, 5) is 40.9. The lowest BCUT2D eigenvalue weighted by molar-refractivity contribution is -0.150. The Morgan fingerprint density at radius 3 is 2.74 bits per heavy atom. The van der Waals surface area contributed by atoms with Gasteiger partial charge in [-0.3, -0.25) is 19.7 Å². The highest BCUT2D eigenvalue weighted by Crippen LogP contribution is 2.41. The molecule has 186 valence electrons. The van der Waals surface area contributed by atoms with Gasteiger partial charge < -0.3 is 19.3 Å². The summed E-state index contributed by atoms with van der Waals surface area (Å²) < 4.78 is 11.6. The molecule has 2 atom stereocenters. The summed E-state index contributed by atoms with van der Waals surface area (Å²) in [6.45, 7) is 3.97. The van der Waals surface area contributed by atoms with Crippen molar-refractivity contribution in [3.63, 3.8) is 0 Å². The van der Waals surface area contributed by atoms with E-state index >= 15 is 0 Å². The monoisotopic (exact) mass is 479 g/mol. The van der Waals surface area contributed by atoms with E-state index in [0.717, 1.165) is 22.7 Å². The molecular formula is C27H33N3O5. The minimum absolute atomic E-state index is 0.180. The van der Waals surface area contributed by atoms with Crippen LogP contribution >= 0.6 is 0 Å². The average molecular weight is 480 g/mol. The lowest BCUT2D eigenvalue weighted by Crippen LogP contribution is -2.54. The Hall–Kier alpha value is -3.55. The number of nitrogens with zero attached hydrogens (tertiary/aromatic N) is 2. The zero-order chi connectivity index (χ0) is 24.8. The first kappa shape index (κ1) is 24.6. The zero-order valence-corrected chi connectivity index (χ0v) is 20.4. The van der Waals surface area contributed by atoms with E-state index in [9.17, 15) is 14.4 Å². The highest BCUT2D eigenvalue weighted by atomic mass is 16.5. The van der Waals surface area contributed by atoms with Crippen molar-refractivity contribution in [1.29, 1.82) is 0 Å². The highest BCUT2D eigenvalue weighted by molar-refractivity contribution is 6.02. The molecule has 8 heteroatoms. The molecule has 35 heavy (non-hydrogen) atoms. The van der Waals surface area contributed by atoms with E-state index in [1.165, 1.54) is 0 Å². The van der Waals surface area contributed by atoms with Gasteiger partial charge in [-0.05, 0) is 37.0 Å². The largest absolute Gasteiger partial charge is 0.487 e. The van der Waals surface area contributed by atoms with Crippen LogP contribution in [-0.4, -0.2) is 50.6 Å². The number of carbonyl (C=O) groups excluding carboxylic acids is 3. The molecule has 2 aromatic rings. The Morgan fingerprint density at radius 1 is 1.20 bits per heavy atom. The van der Waals surface area contributed by atoms with Crippen molar-refractivity contribution >= 4 is 29.2 Å². The van der Waals surface area contributed by atoms with Crippen molar-refractivity contribution in [2.45, 2.75) is 45.3 Å². The second kappa shape index (κ2) is 11.3. The van der Waals surface area contributed by atoms with Crippen LogP contribution in [0.4, 0.5) is 11.4 Å². The molecule has 4 rings (SSSR count). The molecule has 2 aliphatic rings. The summed E-state index contributed by atoms with van der Waals surface area (Å²) in [6, 6.07) is 15.2. The van der Waals surface area contributed by atoms with Gasteiger partial charge in [-0.1, -0.05) is 43.3 Å². The van der Waals surface area contributed by atoms with Crippen LogP contribution in [0.2, 0.25) is 0 Å². The third-order valence-electron chi connectivity index (χ3n) is 6.72. The molecule has 2 amide bonds. The number of hydrogen-bond donors (Lipinski definition) is 1. The highest BCUT2D eigenvalue weighted by Gasteiger charge is 2.35. The van der Waals surface area contributed by atoms with Gasteiger partial charge >= 0.3 is 5.97 Å². The van der Waals surface area contributed by atoms with Gasteiger partial charge in [0.05, 0.1) is 23.8 Å². The molecule has 8 nitrogen and oxygen atoms in total. The van der Waals surface area contributed by atoms with Gasteiger partial charge in [-0.2, -0.15) is 0 Å². The van der Waals surface area contributed by atoms with Gasteiger partial charge in [0.1, 0.15) is 19.3 Å². The van der Waals surface area contributed by atoms with Crippen molar-refractivity contribution in [2.24, 2.45) is 5.92 Å². The number of benzene rings is 2. The van der Waals surface area contributed by atoms with E-state index in [1.54, 1.807) is 0 Å². The molecule has 0 aromatic heterocycles. The molecule has 0 aliphatic carbocycles. The van der Waals surface area contributed by atoms with Crippen molar-refractivity contribution < 1.29 is 23.9 Å². The number of carbonyl (C=O) groups is 3. The number of rotatable bonds is 9. The lowest BCUT2D eigenvalue weighted by Gasteiger charge is -2.39. The number of ether oxygens (including phenoxy) is 2. The van der Waals surface area contributed by atoms with Gasteiger partial charge in [0.25, 0.3) is 0 Å². The third kappa shape index (κ3) is 5.75. The fourth-order valence-electron chi connectivity index (χ4n) is 4.66. The maximum Gasteiger partial charge on any atom is 0.309 e. The summed E-state index contributed by atoms with van der Waals surface area (Å²) >= 11 is 0. The maximum absolute atomic E-state index is 12.7. The Labute approximate surface area is 206 Å². The minimum Gasteiger partial charge on any atom is -0.487 e. The van der Waals surface area contributed by atoms with Crippen molar-refractivity contribution in [3.05, 3.63) is 54.1 Å². The molecule has 2 heterocycles. The fourth-order valence-corrected chi connectivity index (χ4v) is 4.66. The van der Waals surface area contributed by atoms with Crippen LogP contribution in [0.3, 0.4) is 0 Å². The van der Waals surface area contributed by atoms with E-state index in [2.05, 4.69) is 10.2 Å². The van der Waals surface area contributed by atoms with Crippen LogP contribution in [0.1, 0.15) is 38.2 Å². The van der Waals surface area contributed by atoms with E-state index in [4.69, 9.17) is 9.47 Å². The number of amides is 2. The summed E-state index contributed by atoms with van der Waals surface area (Å²) in [7, 11) is 1.98. The van der Waals surface area contributed by atoms with Gasteiger partial charge in [-0.15, -0.1) is 0 Å². The quantitative estimate of drug-likeness (QED) is 0.436. The maximum atomic E-state index is 12.7. The number of nitrogens with one attached hydrogen (secondary N) is 1. The first-order valence-electron chi connectivity index (χ1n) is 12.3. The SMILES string of the molecule is CCC(CCN(C)c1cccc2c1OCCN2C1CCC(=O)NC1=O)C(=O)OCc1ccccc1. The lowest BCUT2D eigenvalue weighted by atomic mass is 10.0. The number of esters is 1. The van der Waals surface area contributed by atoms with E-state index in [0.29, 0.717) is 45.4 Å². The smallest absolute Gasteiger partial charge is 0.309 e. The molecule has 2 aromatic carbocycles. The van der Waals surface area contributed by atoms with Gasteiger partial charge in [0.2, 0.25) is 11.8 Å². The molecule has 2 aliphatic heterocycles. The molecule has 0 spiro atoms. The van der Waals surface area contributed by atoms with Gasteiger partial charge in [0, 0.05) is 20.0 Å². The third-order valence-corrected chi connectivity index (χ3v) is 6.72. The molecule has 0 bridgehead atoms. The Balaban J connectivity index is 1.40. The standard InChI is InChI=1S/C27H33N3O5/c1-3-20(27(33)35-18-19-8-5-4-6-9-19)14-15-29(2)21-10-7-11-22-25(21)34-17-16-30(22)23-12-13-24(31)28-26(23)32/h4-11,20,23H,3,12-18H2,1-2H3,(H,28,31,32). The van der Waals surface area contributed by atoms with Crippen LogP contribution in [-0.2, 0) is 25.7 Å². The first-order valence-corrected chi connectivity index (χ1v) is 12.3. The molecule has 1 saturated heterocycles. The number of fused-ring (bicyclic) bond motifs is 1. The topological polar surface area (TPSA) is 88.2 Å². The molecule has 1 fully saturated rings. The van der Waals surface area contributed by atoms with E-state index < -0.39 is 0 Å². The normalized spacial score (nSPS) is 18.2. The Morgan fingerprint density at radius 2 is 2.00 bits per heavy atom. The molecule has 0 saturated carbocycles. The van der Waals surface area contributed by atoms with Crippen LogP contribution < -0.4 is 19.9 Å². The Bertz CT molecular complexity index is 1060. The summed E-state index contributed by atoms with van der Waals surface area (Å²) in [5.74, 6) is -0.124. The fraction of sp³-hybridized carbons (Fsp3) is 0.444. The average Bonchev–Trinajstić information content (AvgIpc) is 2.87. The summed E-state index contributed by atoms with van der Waals surface area (Å²) in [6.07, 6.45) is 2.18. The van der Waals surface area contributed by atoms with Crippen molar-refractivity contribution in [2.75, 3.05) is 36.5 Å². The van der Waals surface area contributed by atoms with Crippen LogP contribution in [0.15, 0.2) is 48.5 Å². The predicted octanol–water partition coefficient (Wildman–Crippen LogP) is 3.29. The molecule has 2 unspecified atom stereocenters. The number of anilines is 2. The summed E-state index contributed by atoms with van der Waals surface area (Å²) in [5.41, 5.74) is 2.73. The molecular weight excluding hydrogens is 446 g/mol. The van der Waals surface area contributed by atoms with Crippen LogP contribution in [0.5, 0.6) is 5.75 Å². The van der Waals surface area contributed by atoms with Gasteiger partial charge in [-0.25, -0.2) is 0 Å². The van der Waals surface area contributed by atoms with E-state index in [1.807, 2.05) is 67.4 Å². The number of piperidine rings is 1. The number of imide groups is 1. The summed E-state index contributed by atoms with van der Waals surface area (Å²) in [5, 5.41) is 2.45. The first-order chi connectivity index (χ1) is 17.0. The minimum atomic E-state index is -0.389. The van der Waals surface area contributed by atoms with E-state index in [-0.39, 0.29) is 36.4 Å². The van der Waals surface area contributed by atoms with Crippen molar-refractivity contribution in [1.82, 2.24) is 5.32 Å².